The number of hydrogen-bond acceptors (Lipinski definition) is 9. The molecular formula is C18H23N5O3S2. The Bertz CT molecular complexity index is 909. The third-order valence-corrected chi connectivity index (χ3v) is 6.95. The maximum absolute atomic E-state index is 12.5. The highest BCUT2D eigenvalue weighted by atomic mass is 32.2. The second-order valence-electron chi connectivity index (χ2n) is 7.46. The van der Waals surface area contributed by atoms with E-state index in [2.05, 4.69) is 22.2 Å². The van der Waals surface area contributed by atoms with Crippen LogP contribution in [0, 0.1) is 5.92 Å². The summed E-state index contributed by atoms with van der Waals surface area (Å²) in [6.45, 7) is 6.44. The molecule has 3 atom stereocenters. The second kappa shape index (κ2) is 7.49. The molecule has 2 aliphatic rings. The predicted octanol–water partition coefficient (Wildman–Crippen LogP) is 3.19. The van der Waals surface area contributed by atoms with Gasteiger partial charge in [-0.15, -0.1) is 11.3 Å². The Morgan fingerprint density at radius 1 is 1.43 bits per heavy atom. The molecule has 3 N–H and O–H groups in total. The van der Waals surface area contributed by atoms with Crippen LogP contribution in [-0.2, 0) is 10.3 Å². The SMILES string of the molecule is CC(C)c1nc(C(=O)Nc2csc(C34CO[C@@H](C)C[C@H]3CSC(N)=N4)n2)co1. The number of anilines is 1. The number of nitrogens with two attached hydrogens (primary N) is 1. The van der Waals surface area contributed by atoms with E-state index in [4.69, 9.17) is 19.9 Å². The van der Waals surface area contributed by atoms with Gasteiger partial charge in [-0.05, 0) is 13.3 Å². The molecular weight excluding hydrogens is 398 g/mol. The number of rotatable bonds is 4. The lowest BCUT2D eigenvalue weighted by Gasteiger charge is -2.44. The molecule has 10 heteroatoms. The van der Waals surface area contributed by atoms with E-state index in [0.717, 1.165) is 17.2 Å². The minimum absolute atomic E-state index is 0.115. The zero-order valence-corrected chi connectivity index (χ0v) is 17.6. The monoisotopic (exact) mass is 421 g/mol. The fourth-order valence-corrected chi connectivity index (χ4v) is 5.42. The number of carbonyl (C=O) groups excluding carboxylic acids is 1. The fraction of sp³-hybridized carbons (Fsp3) is 0.556. The van der Waals surface area contributed by atoms with E-state index in [9.17, 15) is 4.79 Å². The van der Waals surface area contributed by atoms with Gasteiger partial charge >= 0.3 is 0 Å². The Hall–Kier alpha value is -1.91. The minimum Gasteiger partial charge on any atom is -0.448 e. The molecule has 8 nitrogen and oxygen atoms in total. The van der Waals surface area contributed by atoms with Crippen molar-refractivity contribution in [2.24, 2.45) is 16.6 Å². The van der Waals surface area contributed by atoms with Crippen molar-refractivity contribution in [2.75, 3.05) is 17.7 Å². The van der Waals surface area contributed by atoms with Crippen LogP contribution in [0.5, 0.6) is 0 Å². The summed E-state index contributed by atoms with van der Waals surface area (Å²) >= 11 is 3.04. The number of carbonyl (C=O) groups is 1. The van der Waals surface area contributed by atoms with Gasteiger partial charge in [-0.3, -0.25) is 4.79 Å². The van der Waals surface area contributed by atoms with E-state index in [0.29, 0.717) is 29.4 Å². The maximum Gasteiger partial charge on any atom is 0.278 e. The lowest BCUT2D eigenvalue weighted by molar-refractivity contribution is -0.0466. The number of aliphatic imine (C=N–C) groups is 1. The molecule has 4 heterocycles. The Balaban J connectivity index is 1.56. The van der Waals surface area contributed by atoms with E-state index < -0.39 is 5.54 Å². The molecule has 4 rings (SSSR count). The maximum atomic E-state index is 12.5. The third-order valence-electron chi connectivity index (χ3n) is 4.99. The molecule has 0 aliphatic carbocycles. The second-order valence-corrected chi connectivity index (χ2v) is 9.36. The first-order valence-corrected chi connectivity index (χ1v) is 11.1. The van der Waals surface area contributed by atoms with Gasteiger partial charge in [-0.1, -0.05) is 25.6 Å². The molecule has 1 fully saturated rings. The Kier molecular flexibility index (Phi) is 5.19. The highest BCUT2D eigenvalue weighted by molar-refractivity contribution is 8.13. The quantitative estimate of drug-likeness (QED) is 0.779. The highest BCUT2D eigenvalue weighted by Crippen LogP contribution is 2.47. The first-order chi connectivity index (χ1) is 13.4. The Morgan fingerprint density at radius 3 is 3.00 bits per heavy atom. The number of nitrogens with zero attached hydrogens (tertiary/aromatic N) is 3. The van der Waals surface area contributed by atoms with Crippen LogP contribution in [0.25, 0.3) is 0 Å². The molecule has 0 spiro atoms. The van der Waals surface area contributed by atoms with E-state index in [1.807, 2.05) is 19.2 Å². The molecule has 28 heavy (non-hydrogen) atoms. The van der Waals surface area contributed by atoms with Crippen LogP contribution in [-0.4, -0.2) is 39.5 Å². The molecule has 0 radical (unpaired) electrons. The smallest absolute Gasteiger partial charge is 0.278 e. The van der Waals surface area contributed by atoms with E-state index in [1.165, 1.54) is 17.6 Å². The van der Waals surface area contributed by atoms with Crippen molar-refractivity contribution >= 4 is 40.0 Å². The number of hydrogen-bond donors (Lipinski definition) is 2. The lowest BCUT2D eigenvalue weighted by Crippen LogP contribution is -2.49. The lowest BCUT2D eigenvalue weighted by atomic mass is 9.80. The van der Waals surface area contributed by atoms with Crippen molar-refractivity contribution < 1.29 is 13.9 Å². The average Bonchev–Trinajstić information content (AvgIpc) is 3.32. The van der Waals surface area contributed by atoms with Crippen LogP contribution in [0.2, 0.25) is 0 Å². The standard InChI is InChI=1S/C18H23N5O3S2/c1-9(2)15-20-12(5-25-15)14(24)21-13-7-27-16(22-13)18-8-26-10(3)4-11(18)6-28-17(19)23-18/h5,7,9-11H,4,6,8H2,1-3H3,(H2,19,23)(H,21,24)/t10-,11-,18?/m0/s1. The zero-order valence-electron chi connectivity index (χ0n) is 16.0. The summed E-state index contributed by atoms with van der Waals surface area (Å²) in [7, 11) is 0. The average molecular weight is 422 g/mol. The molecule has 1 unspecified atom stereocenters. The molecule has 0 aromatic carbocycles. The van der Waals surface area contributed by atoms with Crippen molar-refractivity contribution in [3.05, 3.63) is 28.2 Å². The number of fused-ring (bicyclic) bond motifs is 1. The normalized spacial score (nSPS) is 27.4. The summed E-state index contributed by atoms with van der Waals surface area (Å²) in [4.78, 5) is 26.1. The Morgan fingerprint density at radius 2 is 2.25 bits per heavy atom. The number of oxazole rings is 1. The van der Waals surface area contributed by atoms with Crippen molar-refractivity contribution in [2.45, 2.75) is 44.8 Å². The van der Waals surface area contributed by atoms with Crippen molar-refractivity contribution in [1.82, 2.24) is 9.97 Å². The van der Waals surface area contributed by atoms with Crippen LogP contribution < -0.4 is 11.1 Å². The number of thioether (sulfide) groups is 1. The highest BCUT2D eigenvalue weighted by Gasteiger charge is 2.49. The summed E-state index contributed by atoms with van der Waals surface area (Å²) in [6, 6.07) is 0. The first-order valence-electron chi connectivity index (χ1n) is 9.20. The van der Waals surface area contributed by atoms with Gasteiger partial charge in [0.15, 0.2) is 16.8 Å². The number of amidine groups is 1. The molecule has 1 saturated heterocycles. The number of nitrogens with one attached hydrogen (secondary N) is 1. The summed E-state index contributed by atoms with van der Waals surface area (Å²) in [5, 5.41) is 5.97. The van der Waals surface area contributed by atoms with E-state index >= 15 is 0 Å². The minimum atomic E-state index is -0.575. The Labute approximate surface area is 171 Å². The zero-order chi connectivity index (χ0) is 19.9. The largest absolute Gasteiger partial charge is 0.448 e. The summed E-state index contributed by atoms with van der Waals surface area (Å²) in [6.07, 6.45) is 2.46. The van der Waals surface area contributed by atoms with E-state index in [1.54, 1.807) is 11.8 Å². The van der Waals surface area contributed by atoms with Crippen LogP contribution in [0.3, 0.4) is 0 Å². The molecule has 0 bridgehead atoms. The van der Waals surface area contributed by atoms with Crippen molar-refractivity contribution in [3.63, 3.8) is 0 Å². The number of thiazole rings is 1. The van der Waals surface area contributed by atoms with Gasteiger partial charge in [-0.25, -0.2) is 15.0 Å². The van der Waals surface area contributed by atoms with Gasteiger partial charge in [0.05, 0.1) is 12.7 Å². The van der Waals surface area contributed by atoms with Gasteiger partial charge in [0, 0.05) is 23.0 Å². The summed E-state index contributed by atoms with van der Waals surface area (Å²) in [5.74, 6) is 1.96. The summed E-state index contributed by atoms with van der Waals surface area (Å²) in [5.41, 5.74) is 5.70. The molecule has 1 amide bonds. The number of aromatic nitrogens is 2. The number of amides is 1. The van der Waals surface area contributed by atoms with Crippen molar-refractivity contribution in [1.29, 1.82) is 0 Å². The molecule has 0 saturated carbocycles. The van der Waals surface area contributed by atoms with Gasteiger partial charge in [0.2, 0.25) is 0 Å². The van der Waals surface area contributed by atoms with Gasteiger partial charge < -0.3 is 20.2 Å². The van der Waals surface area contributed by atoms with Crippen molar-refractivity contribution in [3.8, 4) is 0 Å². The number of ether oxygens (including phenoxy) is 1. The molecule has 150 valence electrons. The third kappa shape index (κ3) is 3.56. The first kappa shape index (κ1) is 19.4. The molecule has 2 aromatic rings. The van der Waals surface area contributed by atoms with Crippen LogP contribution in [0.15, 0.2) is 21.1 Å². The van der Waals surface area contributed by atoms with Gasteiger partial charge in [0.1, 0.15) is 22.6 Å². The van der Waals surface area contributed by atoms with Crippen LogP contribution in [0.4, 0.5) is 5.82 Å². The molecule has 2 aliphatic heterocycles. The predicted molar refractivity (Wildman–Crippen MR) is 110 cm³/mol. The fourth-order valence-electron chi connectivity index (χ4n) is 3.45. The van der Waals surface area contributed by atoms with Gasteiger partial charge in [-0.2, -0.15) is 0 Å². The topological polar surface area (TPSA) is 116 Å². The van der Waals surface area contributed by atoms with E-state index in [-0.39, 0.29) is 23.6 Å². The summed E-state index contributed by atoms with van der Waals surface area (Å²) < 4.78 is 11.3. The van der Waals surface area contributed by atoms with Crippen LogP contribution in [0.1, 0.15) is 54.5 Å². The molecule has 2 aromatic heterocycles. The van der Waals surface area contributed by atoms with Gasteiger partial charge in [0.25, 0.3) is 5.91 Å². The van der Waals surface area contributed by atoms with Crippen LogP contribution >= 0.6 is 23.1 Å².